The molecule has 0 fully saturated rings. The van der Waals surface area contributed by atoms with E-state index in [1.54, 1.807) is 50.2 Å². The van der Waals surface area contributed by atoms with Crippen molar-refractivity contribution in [2.75, 3.05) is 5.73 Å². The smallest absolute Gasteiger partial charge is 0.296 e. The van der Waals surface area contributed by atoms with Crippen molar-refractivity contribution in [1.29, 1.82) is 0 Å². The number of aliphatic hydroxyl groups is 1. The molecule has 5 rings (SSSR count). The molecule has 0 aliphatic heterocycles. The molecular formula is C31H26N6O8S2. The molecule has 0 saturated carbocycles. The number of aliphatic hydroxyl groups excluding tert-OH is 1. The van der Waals surface area contributed by atoms with Gasteiger partial charge in [-0.15, -0.1) is 5.11 Å². The number of benzene rings is 5. The average Bonchev–Trinajstić information content (AvgIpc) is 3.00. The zero-order valence-corrected chi connectivity index (χ0v) is 26.3. The summed E-state index contributed by atoms with van der Waals surface area (Å²) in [7, 11) is -9.24. The largest absolute Gasteiger partial charge is 0.505 e. The summed E-state index contributed by atoms with van der Waals surface area (Å²) in [5.74, 6) is -0.878. The van der Waals surface area contributed by atoms with Crippen LogP contribution >= 0.6 is 0 Å². The summed E-state index contributed by atoms with van der Waals surface area (Å²) in [6.45, 7) is 3.30. The highest BCUT2D eigenvalue weighted by Gasteiger charge is 2.22. The molecule has 0 bridgehead atoms. The molecule has 0 heterocycles. The van der Waals surface area contributed by atoms with Crippen molar-refractivity contribution in [3.63, 3.8) is 0 Å². The molecule has 6 N–H and O–H groups in total. The first kappa shape index (κ1) is 32.8. The van der Waals surface area contributed by atoms with Crippen LogP contribution < -0.4 is 5.73 Å². The molecule has 0 atom stereocenters. The third-order valence-electron chi connectivity index (χ3n) is 6.89. The number of azo groups is 2. The zero-order chi connectivity index (χ0) is 34.1. The lowest BCUT2D eigenvalue weighted by Crippen LogP contribution is -1.99. The van der Waals surface area contributed by atoms with E-state index in [0.717, 1.165) is 6.07 Å². The normalized spacial score (nSPS) is 12.8. The fourth-order valence-corrected chi connectivity index (χ4v) is 5.67. The molecule has 5 aromatic carbocycles. The molecule has 0 aliphatic carbocycles. The number of anilines is 1. The monoisotopic (exact) mass is 674 g/mol. The number of phenolic OH excluding ortho intramolecular Hbond substituents is 1. The minimum absolute atomic E-state index is 0.185. The van der Waals surface area contributed by atoms with Crippen LogP contribution in [-0.2, 0) is 20.2 Å². The molecule has 0 radical (unpaired) electrons. The van der Waals surface area contributed by atoms with Crippen LogP contribution in [0.2, 0.25) is 0 Å². The number of nitrogens with two attached hydrogens (primary N) is 1. The highest BCUT2D eigenvalue weighted by atomic mass is 32.2. The lowest BCUT2D eigenvalue weighted by atomic mass is 10.1. The maximum Gasteiger partial charge on any atom is 0.296 e. The highest BCUT2D eigenvalue weighted by Crippen LogP contribution is 2.42. The van der Waals surface area contributed by atoms with E-state index in [4.69, 9.17) is 5.73 Å². The van der Waals surface area contributed by atoms with Gasteiger partial charge in [0.1, 0.15) is 10.6 Å². The average molecular weight is 675 g/mol. The van der Waals surface area contributed by atoms with Crippen LogP contribution in [0.3, 0.4) is 0 Å². The SMILES string of the molecule is Cc1cc(S(=O)(=O)O)ccc1N=Nc1ccc(N=Nc2c(S(=O)(=O)O)cc3cc(N=C(O)c4ccc(N)cc4)ccc3c2O)c(C)c1. The number of nitrogen functional groups attached to an aromatic ring is 1. The number of phenols is 1. The Morgan fingerprint density at radius 3 is 1.91 bits per heavy atom. The first-order chi connectivity index (χ1) is 22.1. The van der Waals surface area contributed by atoms with Crippen molar-refractivity contribution < 1.29 is 36.2 Å². The van der Waals surface area contributed by atoms with Gasteiger partial charge in [0.15, 0.2) is 5.75 Å². The van der Waals surface area contributed by atoms with E-state index in [1.165, 1.54) is 42.5 Å². The number of aryl methyl sites for hydroxylation is 2. The molecule has 14 nitrogen and oxygen atoms in total. The van der Waals surface area contributed by atoms with Crippen molar-refractivity contribution in [2.45, 2.75) is 23.6 Å². The fourth-order valence-electron chi connectivity index (χ4n) is 4.45. The summed E-state index contributed by atoms with van der Waals surface area (Å²) in [6.07, 6.45) is 0. The molecule has 240 valence electrons. The van der Waals surface area contributed by atoms with E-state index in [1.807, 2.05) is 0 Å². The van der Waals surface area contributed by atoms with Crippen molar-refractivity contribution in [3.05, 3.63) is 102 Å². The topological polar surface area (TPSA) is 237 Å². The van der Waals surface area contributed by atoms with Gasteiger partial charge in [0.2, 0.25) is 5.90 Å². The summed E-state index contributed by atoms with van der Waals surface area (Å²) in [5, 5.41) is 38.2. The van der Waals surface area contributed by atoms with Crippen LogP contribution in [0.5, 0.6) is 5.75 Å². The van der Waals surface area contributed by atoms with Crippen LogP contribution in [-0.4, -0.2) is 42.1 Å². The Hall–Kier alpha value is -5.55. The van der Waals surface area contributed by atoms with Crippen molar-refractivity contribution in [1.82, 2.24) is 0 Å². The third kappa shape index (κ3) is 7.47. The second kappa shape index (κ2) is 12.7. The Bertz CT molecular complexity index is 2360. The van der Waals surface area contributed by atoms with Gasteiger partial charge in [-0.1, -0.05) is 0 Å². The predicted molar refractivity (Wildman–Crippen MR) is 176 cm³/mol. The molecule has 0 aromatic heterocycles. The lowest BCUT2D eigenvalue weighted by Gasteiger charge is -2.10. The quantitative estimate of drug-likeness (QED) is 0.0355. The number of aliphatic imine (C=N–C) groups is 1. The molecule has 0 unspecified atom stereocenters. The number of nitrogens with zero attached hydrogens (tertiary/aromatic N) is 5. The third-order valence-corrected chi connectivity index (χ3v) is 8.61. The van der Waals surface area contributed by atoms with Crippen molar-refractivity contribution in [2.24, 2.45) is 25.4 Å². The molecule has 0 amide bonds. The highest BCUT2D eigenvalue weighted by molar-refractivity contribution is 7.86. The number of rotatable bonds is 8. The van der Waals surface area contributed by atoms with Gasteiger partial charge in [-0.3, -0.25) is 9.11 Å². The van der Waals surface area contributed by atoms with Gasteiger partial charge in [-0.05, 0) is 115 Å². The number of hydrogen-bond donors (Lipinski definition) is 5. The summed E-state index contributed by atoms with van der Waals surface area (Å²) in [6, 6.07) is 20.4. The lowest BCUT2D eigenvalue weighted by molar-refractivity contribution is 0.472. The van der Waals surface area contributed by atoms with Gasteiger partial charge in [0.05, 0.1) is 27.6 Å². The molecule has 0 aliphatic rings. The van der Waals surface area contributed by atoms with Gasteiger partial charge in [-0.25, -0.2) is 4.99 Å². The standard InChI is InChI=1S/C31H26N6O8S2/c1-17-13-23(34-35-27-12-9-24(14-18(27)2)46(40,41)42)8-11-26(17)36-37-29-28(47(43,44)45)16-20-15-22(7-10-25(20)30(29)38)33-31(39)19-3-5-21(32)6-4-19/h3-16,38H,32H2,1-2H3,(H,33,39)(H,40,41,42)(H,43,44,45). The first-order valence-corrected chi connectivity index (χ1v) is 16.4. The number of fused-ring (bicyclic) bond motifs is 1. The van der Waals surface area contributed by atoms with E-state index >= 15 is 0 Å². The molecule has 47 heavy (non-hydrogen) atoms. The van der Waals surface area contributed by atoms with E-state index in [-0.39, 0.29) is 27.3 Å². The first-order valence-electron chi connectivity index (χ1n) is 13.5. The Balaban J connectivity index is 1.45. The molecule has 5 aromatic rings. The Kier molecular flexibility index (Phi) is 8.86. The van der Waals surface area contributed by atoms with Crippen LogP contribution in [0, 0.1) is 13.8 Å². The molecule has 16 heteroatoms. The molecular weight excluding hydrogens is 649 g/mol. The maximum atomic E-state index is 12.3. The molecule has 0 spiro atoms. The van der Waals surface area contributed by atoms with Gasteiger partial charge < -0.3 is 15.9 Å². The van der Waals surface area contributed by atoms with Crippen LogP contribution in [0.15, 0.2) is 120 Å². The maximum absolute atomic E-state index is 12.3. The molecule has 0 saturated heterocycles. The second-order valence-corrected chi connectivity index (χ2v) is 13.1. The number of aromatic hydroxyl groups is 1. The summed E-state index contributed by atoms with van der Waals surface area (Å²) in [4.78, 5) is 3.18. The van der Waals surface area contributed by atoms with E-state index < -0.39 is 36.6 Å². The van der Waals surface area contributed by atoms with Crippen LogP contribution in [0.4, 0.5) is 34.1 Å². The van der Waals surface area contributed by atoms with Gasteiger partial charge in [0.25, 0.3) is 20.2 Å². The Morgan fingerprint density at radius 2 is 1.30 bits per heavy atom. The van der Waals surface area contributed by atoms with Crippen LogP contribution in [0.1, 0.15) is 16.7 Å². The van der Waals surface area contributed by atoms with Gasteiger partial charge >= 0.3 is 0 Å². The summed E-state index contributed by atoms with van der Waals surface area (Å²) < 4.78 is 66.5. The Labute approximate surface area is 268 Å². The minimum atomic E-state index is -4.89. The fraction of sp³-hybridized carbons (Fsp3) is 0.0645. The van der Waals surface area contributed by atoms with Crippen molar-refractivity contribution >= 4 is 71.0 Å². The van der Waals surface area contributed by atoms with Crippen molar-refractivity contribution in [3.8, 4) is 5.75 Å². The number of hydrogen-bond acceptors (Lipinski definition) is 11. The van der Waals surface area contributed by atoms with Gasteiger partial charge in [-0.2, -0.15) is 32.2 Å². The van der Waals surface area contributed by atoms with E-state index in [0.29, 0.717) is 39.4 Å². The van der Waals surface area contributed by atoms with E-state index in [2.05, 4.69) is 25.4 Å². The van der Waals surface area contributed by atoms with Gasteiger partial charge in [0, 0.05) is 16.6 Å². The summed E-state index contributed by atoms with van der Waals surface area (Å²) in [5.41, 5.74) is 8.42. The Morgan fingerprint density at radius 1 is 0.681 bits per heavy atom. The minimum Gasteiger partial charge on any atom is -0.505 e. The second-order valence-electron chi connectivity index (χ2n) is 10.3. The summed E-state index contributed by atoms with van der Waals surface area (Å²) >= 11 is 0. The van der Waals surface area contributed by atoms with Crippen LogP contribution in [0.25, 0.3) is 10.8 Å². The predicted octanol–water partition coefficient (Wildman–Crippen LogP) is 7.70. The van der Waals surface area contributed by atoms with E-state index in [9.17, 15) is 36.2 Å². The zero-order valence-electron chi connectivity index (χ0n) is 24.6.